The summed E-state index contributed by atoms with van der Waals surface area (Å²) in [7, 11) is 0. The van der Waals surface area contributed by atoms with Crippen LogP contribution in [0.15, 0.2) is 55.1 Å². The van der Waals surface area contributed by atoms with Gasteiger partial charge in [0.15, 0.2) is 11.6 Å². The third-order valence-corrected chi connectivity index (χ3v) is 4.73. The van der Waals surface area contributed by atoms with Crippen LogP contribution >= 0.6 is 0 Å². The Labute approximate surface area is 161 Å². The van der Waals surface area contributed by atoms with E-state index in [0.717, 1.165) is 35.9 Å². The minimum atomic E-state index is -0.909. The Morgan fingerprint density at radius 1 is 1.21 bits per heavy atom. The highest BCUT2D eigenvalue weighted by Gasteiger charge is 2.26. The first-order valence-electron chi connectivity index (χ1n) is 9.17. The van der Waals surface area contributed by atoms with Crippen LogP contribution in [0.1, 0.15) is 28.9 Å². The van der Waals surface area contributed by atoms with Gasteiger partial charge < -0.3 is 14.6 Å². The molecule has 0 saturated heterocycles. The number of halogens is 2. The number of hydrogen-bond donors (Lipinski definition) is 1. The Bertz CT molecular complexity index is 1050. The normalized spacial score (nSPS) is 13.5. The molecule has 0 aliphatic heterocycles. The summed E-state index contributed by atoms with van der Waals surface area (Å²) in [6.45, 7) is 4.24. The summed E-state index contributed by atoms with van der Waals surface area (Å²) < 4.78 is 34.5. The second-order valence-electron chi connectivity index (χ2n) is 6.90. The lowest BCUT2D eigenvalue weighted by Crippen LogP contribution is -2.27. The first-order valence-corrected chi connectivity index (χ1v) is 9.17. The van der Waals surface area contributed by atoms with E-state index in [-0.39, 0.29) is 18.5 Å². The predicted octanol–water partition coefficient (Wildman–Crippen LogP) is 4.42. The van der Waals surface area contributed by atoms with Crippen molar-refractivity contribution in [1.82, 2.24) is 9.88 Å². The van der Waals surface area contributed by atoms with Crippen molar-refractivity contribution in [2.45, 2.75) is 25.4 Å². The summed E-state index contributed by atoms with van der Waals surface area (Å²) in [4.78, 5) is 12.8. The molecule has 1 N–H and O–H groups in total. The summed E-state index contributed by atoms with van der Waals surface area (Å²) >= 11 is 0. The Balaban J connectivity index is 1.79. The lowest BCUT2D eigenvalue weighted by atomic mass is 10.2. The van der Waals surface area contributed by atoms with Crippen molar-refractivity contribution in [3.05, 3.63) is 78.0 Å². The van der Waals surface area contributed by atoms with Gasteiger partial charge in [0.05, 0.1) is 5.52 Å². The lowest BCUT2D eigenvalue weighted by molar-refractivity contribution is 0.0942. The zero-order valence-electron chi connectivity index (χ0n) is 15.3. The molecule has 28 heavy (non-hydrogen) atoms. The molecule has 0 bridgehead atoms. The monoisotopic (exact) mass is 382 g/mol. The summed E-state index contributed by atoms with van der Waals surface area (Å²) in [5.41, 5.74) is 1.81. The number of hydrogen-bond acceptors (Lipinski definition) is 2. The number of carbonyl (C=O) groups excluding carboxylic acids is 1. The molecule has 144 valence electrons. The SMILES string of the molecule is C=CCOc1cccc2c1cc(C(=O)NC1CC1)n2Cc1ccc(F)c(F)c1. The van der Waals surface area contributed by atoms with Gasteiger partial charge in [0.2, 0.25) is 0 Å². The van der Waals surface area contributed by atoms with E-state index >= 15 is 0 Å². The number of aromatic nitrogens is 1. The fraction of sp³-hybridized carbons (Fsp3) is 0.227. The molecule has 1 aliphatic rings. The van der Waals surface area contributed by atoms with E-state index in [1.54, 1.807) is 16.7 Å². The zero-order valence-corrected chi connectivity index (χ0v) is 15.3. The summed E-state index contributed by atoms with van der Waals surface area (Å²) in [6, 6.07) is 11.3. The molecule has 1 amide bonds. The topological polar surface area (TPSA) is 43.3 Å². The molecule has 3 aromatic rings. The smallest absolute Gasteiger partial charge is 0.268 e. The highest BCUT2D eigenvalue weighted by atomic mass is 19.2. The average Bonchev–Trinajstić information content (AvgIpc) is 3.42. The average molecular weight is 382 g/mol. The van der Waals surface area contributed by atoms with Crippen molar-refractivity contribution in [2.75, 3.05) is 6.61 Å². The van der Waals surface area contributed by atoms with E-state index < -0.39 is 11.6 Å². The third-order valence-electron chi connectivity index (χ3n) is 4.73. The quantitative estimate of drug-likeness (QED) is 0.615. The van der Waals surface area contributed by atoms with Crippen LogP contribution in [0.25, 0.3) is 10.9 Å². The summed E-state index contributed by atoms with van der Waals surface area (Å²) in [6.07, 6.45) is 3.60. The maximum absolute atomic E-state index is 13.7. The Morgan fingerprint density at radius 3 is 2.75 bits per heavy atom. The Kier molecular flexibility index (Phi) is 4.86. The molecule has 0 unspecified atom stereocenters. The van der Waals surface area contributed by atoms with Crippen LogP contribution < -0.4 is 10.1 Å². The van der Waals surface area contributed by atoms with Crippen LogP contribution in [0, 0.1) is 11.6 Å². The van der Waals surface area contributed by atoms with E-state index in [1.165, 1.54) is 6.07 Å². The second kappa shape index (κ2) is 7.46. The molecular formula is C22H20F2N2O2. The van der Waals surface area contributed by atoms with E-state index in [2.05, 4.69) is 11.9 Å². The van der Waals surface area contributed by atoms with Crippen molar-refractivity contribution in [3.63, 3.8) is 0 Å². The second-order valence-corrected chi connectivity index (χ2v) is 6.90. The fourth-order valence-electron chi connectivity index (χ4n) is 3.20. The van der Waals surface area contributed by atoms with Gasteiger partial charge in [0, 0.05) is 18.0 Å². The number of benzene rings is 2. The maximum atomic E-state index is 13.7. The van der Waals surface area contributed by atoms with Crippen molar-refractivity contribution in [3.8, 4) is 5.75 Å². The maximum Gasteiger partial charge on any atom is 0.268 e. The number of nitrogens with one attached hydrogen (secondary N) is 1. The number of rotatable bonds is 7. The first kappa shape index (κ1) is 18.2. The zero-order chi connectivity index (χ0) is 19.7. The Hall–Kier alpha value is -3.15. The van der Waals surface area contributed by atoms with Crippen molar-refractivity contribution < 1.29 is 18.3 Å². The highest BCUT2D eigenvalue weighted by molar-refractivity contribution is 6.00. The number of amides is 1. The standard InChI is InChI=1S/C22H20F2N2O2/c1-2-10-28-21-5-3-4-19-16(21)12-20(22(27)25-15-7-8-15)26(19)13-14-6-9-17(23)18(24)11-14/h2-6,9,11-12,15H,1,7-8,10,13H2,(H,25,27). The molecule has 4 rings (SSSR count). The molecule has 1 aromatic heterocycles. The number of nitrogens with zero attached hydrogens (tertiary/aromatic N) is 1. The molecular weight excluding hydrogens is 362 g/mol. The third kappa shape index (κ3) is 3.63. The minimum Gasteiger partial charge on any atom is -0.489 e. The number of carbonyl (C=O) groups is 1. The van der Waals surface area contributed by atoms with E-state index in [9.17, 15) is 13.6 Å². The molecule has 1 saturated carbocycles. The van der Waals surface area contributed by atoms with Crippen LogP contribution in [0.4, 0.5) is 8.78 Å². The lowest BCUT2D eigenvalue weighted by Gasteiger charge is -2.12. The van der Waals surface area contributed by atoms with Crippen molar-refractivity contribution in [1.29, 1.82) is 0 Å². The minimum absolute atomic E-state index is 0.184. The molecule has 2 aromatic carbocycles. The number of ether oxygens (including phenoxy) is 1. The van der Waals surface area contributed by atoms with Crippen LogP contribution in [-0.2, 0) is 6.54 Å². The highest BCUT2D eigenvalue weighted by Crippen LogP contribution is 2.30. The fourth-order valence-corrected chi connectivity index (χ4v) is 3.20. The van der Waals surface area contributed by atoms with Gasteiger partial charge >= 0.3 is 0 Å². The molecule has 0 atom stereocenters. The van der Waals surface area contributed by atoms with E-state index in [1.807, 2.05) is 18.2 Å². The first-order chi connectivity index (χ1) is 13.6. The van der Waals surface area contributed by atoms with Gasteiger partial charge in [0.25, 0.3) is 5.91 Å². The van der Waals surface area contributed by atoms with Gasteiger partial charge in [-0.15, -0.1) is 0 Å². The van der Waals surface area contributed by atoms with Crippen LogP contribution in [0.3, 0.4) is 0 Å². The van der Waals surface area contributed by atoms with Gasteiger partial charge in [-0.05, 0) is 48.7 Å². The van der Waals surface area contributed by atoms with E-state index in [4.69, 9.17) is 4.74 Å². The Morgan fingerprint density at radius 2 is 2.04 bits per heavy atom. The molecule has 0 spiro atoms. The molecule has 0 radical (unpaired) electrons. The molecule has 1 aliphatic carbocycles. The van der Waals surface area contributed by atoms with Gasteiger partial charge in [-0.25, -0.2) is 8.78 Å². The van der Waals surface area contributed by atoms with Crippen LogP contribution in [-0.4, -0.2) is 23.1 Å². The summed E-state index contributed by atoms with van der Waals surface area (Å²) in [5.74, 6) is -1.35. The van der Waals surface area contributed by atoms with Gasteiger partial charge in [-0.1, -0.05) is 24.8 Å². The molecule has 1 fully saturated rings. The van der Waals surface area contributed by atoms with Gasteiger partial charge in [0.1, 0.15) is 18.1 Å². The molecule has 1 heterocycles. The van der Waals surface area contributed by atoms with E-state index in [0.29, 0.717) is 23.6 Å². The molecule has 4 nitrogen and oxygen atoms in total. The largest absolute Gasteiger partial charge is 0.489 e. The molecule has 6 heteroatoms. The van der Waals surface area contributed by atoms with Gasteiger partial charge in [-0.3, -0.25) is 4.79 Å². The van der Waals surface area contributed by atoms with Crippen LogP contribution in [0.5, 0.6) is 5.75 Å². The summed E-state index contributed by atoms with van der Waals surface area (Å²) in [5, 5.41) is 3.77. The number of fused-ring (bicyclic) bond motifs is 1. The van der Waals surface area contributed by atoms with Crippen LogP contribution in [0.2, 0.25) is 0 Å². The van der Waals surface area contributed by atoms with Gasteiger partial charge in [-0.2, -0.15) is 0 Å². The van der Waals surface area contributed by atoms with Crippen molar-refractivity contribution >= 4 is 16.8 Å². The predicted molar refractivity (Wildman–Crippen MR) is 104 cm³/mol. The van der Waals surface area contributed by atoms with Crippen molar-refractivity contribution in [2.24, 2.45) is 0 Å².